The number of amides is 1. The van der Waals surface area contributed by atoms with Gasteiger partial charge in [-0.05, 0) is 85.5 Å². The number of aromatic nitrogens is 1. The van der Waals surface area contributed by atoms with Crippen LogP contribution in [0.3, 0.4) is 0 Å². The number of pyridine rings is 1. The zero-order valence-electron chi connectivity index (χ0n) is 19.3. The molecule has 2 aromatic rings. The van der Waals surface area contributed by atoms with Gasteiger partial charge in [0, 0.05) is 29.3 Å². The van der Waals surface area contributed by atoms with E-state index in [9.17, 15) is 18.4 Å². The molecule has 34 heavy (non-hydrogen) atoms. The highest BCUT2D eigenvalue weighted by molar-refractivity contribution is 6.30. The summed E-state index contributed by atoms with van der Waals surface area (Å²) in [6.07, 6.45) is 7.06. The van der Waals surface area contributed by atoms with Crippen LogP contribution < -0.4 is 5.32 Å². The van der Waals surface area contributed by atoms with Gasteiger partial charge >= 0.3 is 0 Å². The number of carbonyl (C=O) groups is 2. The van der Waals surface area contributed by atoms with Crippen molar-refractivity contribution in [2.45, 2.75) is 64.2 Å². The van der Waals surface area contributed by atoms with E-state index in [1.54, 1.807) is 0 Å². The molecule has 0 aliphatic heterocycles. The van der Waals surface area contributed by atoms with Gasteiger partial charge in [0.1, 0.15) is 11.6 Å². The van der Waals surface area contributed by atoms with Crippen LogP contribution in [-0.2, 0) is 16.0 Å². The number of halogens is 3. The van der Waals surface area contributed by atoms with Crippen molar-refractivity contribution in [1.82, 2.24) is 4.98 Å². The predicted molar refractivity (Wildman–Crippen MR) is 127 cm³/mol. The van der Waals surface area contributed by atoms with Gasteiger partial charge in [-0.2, -0.15) is 0 Å². The number of anilines is 1. The summed E-state index contributed by atoms with van der Waals surface area (Å²) in [5.41, 5.74) is 2.46. The van der Waals surface area contributed by atoms with Crippen molar-refractivity contribution >= 4 is 29.1 Å². The van der Waals surface area contributed by atoms with Crippen LogP contribution in [0.1, 0.15) is 68.9 Å². The molecule has 3 aliphatic rings. The maximum atomic E-state index is 13.8. The number of rotatable bonds is 5. The summed E-state index contributed by atoms with van der Waals surface area (Å²) in [7, 11) is 0. The van der Waals surface area contributed by atoms with E-state index in [1.165, 1.54) is 11.1 Å². The maximum Gasteiger partial charge on any atom is 0.225 e. The Morgan fingerprint density at radius 2 is 2.09 bits per heavy atom. The number of nitrogens with zero attached hydrogens (tertiary/aromatic N) is 1. The van der Waals surface area contributed by atoms with Gasteiger partial charge in [-0.3, -0.25) is 9.59 Å². The lowest BCUT2D eigenvalue weighted by Crippen LogP contribution is -2.44. The van der Waals surface area contributed by atoms with Crippen LogP contribution in [0.5, 0.6) is 0 Å². The van der Waals surface area contributed by atoms with E-state index in [0.717, 1.165) is 43.3 Å². The molecule has 3 aliphatic carbocycles. The largest absolute Gasteiger partial charge is 0.308 e. The lowest BCUT2D eigenvalue weighted by molar-refractivity contribution is -0.129. The Labute approximate surface area is 203 Å². The number of fused-ring (bicyclic) bond motifs is 5. The third-order valence-corrected chi connectivity index (χ3v) is 8.81. The van der Waals surface area contributed by atoms with E-state index in [0.29, 0.717) is 42.4 Å². The van der Waals surface area contributed by atoms with E-state index in [4.69, 9.17) is 11.6 Å². The molecule has 0 spiro atoms. The highest BCUT2D eigenvalue weighted by atomic mass is 35.5. The summed E-state index contributed by atoms with van der Waals surface area (Å²) in [6.45, 7) is 2.16. The second kappa shape index (κ2) is 9.03. The fraction of sp³-hybridized carbons (Fsp3) is 0.519. The van der Waals surface area contributed by atoms with Gasteiger partial charge < -0.3 is 5.32 Å². The first kappa shape index (κ1) is 23.4. The van der Waals surface area contributed by atoms with Crippen LogP contribution in [0.2, 0.25) is 5.02 Å². The molecule has 5 atom stereocenters. The molecule has 0 saturated heterocycles. The summed E-state index contributed by atoms with van der Waals surface area (Å²) in [5, 5.41) is 3.21. The average molecular weight is 487 g/mol. The third kappa shape index (κ3) is 4.15. The Morgan fingerprint density at radius 1 is 1.26 bits per heavy atom. The highest BCUT2D eigenvalue weighted by Gasteiger charge is 2.58. The normalized spacial score (nSPS) is 29.8. The van der Waals surface area contributed by atoms with Gasteiger partial charge in [-0.15, -0.1) is 0 Å². The van der Waals surface area contributed by atoms with Crippen molar-refractivity contribution in [2.24, 2.45) is 23.2 Å². The molecule has 4 nitrogen and oxygen atoms in total. The molecule has 1 amide bonds. The van der Waals surface area contributed by atoms with Gasteiger partial charge in [-0.25, -0.2) is 13.8 Å². The van der Waals surface area contributed by atoms with Crippen LogP contribution in [0.4, 0.5) is 14.6 Å². The maximum absolute atomic E-state index is 13.8. The average Bonchev–Trinajstić information content (AvgIpc) is 3.05. The first-order valence-electron chi connectivity index (χ1n) is 12.2. The Morgan fingerprint density at radius 3 is 2.88 bits per heavy atom. The minimum atomic E-state index is -0.891. The molecule has 2 fully saturated rings. The molecule has 2 saturated carbocycles. The van der Waals surface area contributed by atoms with E-state index in [-0.39, 0.29) is 29.5 Å². The number of Topliss-reactive ketones (excluding diaryl/α,β-unsaturated/α-hetero) is 1. The van der Waals surface area contributed by atoms with Crippen molar-refractivity contribution in [3.63, 3.8) is 0 Å². The van der Waals surface area contributed by atoms with Gasteiger partial charge in [0.2, 0.25) is 5.91 Å². The van der Waals surface area contributed by atoms with Crippen LogP contribution >= 0.6 is 11.6 Å². The van der Waals surface area contributed by atoms with Crippen LogP contribution in [-0.4, -0.2) is 16.7 Å². The quantitative estimate of drug-likeness (QED) is 0.526. The summed E-state index contributed by atoms with van der Waals surface area (Å²) in [6, 6.07) is 6.94. The number of benzene rings is 1. The zero-order valence-corrected chi connectivity index (χ0v) is 20.0. The van der Waals surface area contributed by atoms with Crippen LogP contribution in [0.25, 0.3) is 0 Å². The summed E-state index contributed by atoms with van der Waals surface area (Å²) >= 11 is 6.24. The van der Waals surface area contributed by atoms with Crippen LogP contribution in [0.15, 0.2) is 30.5 Å². The number of hydrogen-bond acceptors (Lipinski definition) is 3. The van der Waals surface area contributed by atoms with Crippen molar-refractivity contribution in [1.29, 1.82) is 0 Å². The molecular weight excluding hydrogens is 458 g/mol. The number of nitrogens with one attached hydrogen (secondary N) is 1. The molecule has 1 heterocycles. The predicted octanol–water partition coefficient (Wildman–Crippen LogP) is 6.47. The molecule has 1 aromatic carbocycles. The minimum absolute atomic E-state index is 0.210. The number of hydrogen-bond donors (Lipinski definition) is 1. The Balaban J connectivity index is 1.26. The molecule has 7 heteroatoms. The zero-order chi connectivity index (χ0) is 24.0. The number of carbonyl (C=O) groups excluding carboxylic acids is 2. The Bertz CT molecular complexity index is 1140. The third-order valence-electron chi connectivity index (χ3n) is 8.58. The molecule has 180 valence electrons. The van der Waals surface area contributed by atoms with E-state index >= 15 is 0 Å². The minimum Gasteiger partial charge on any atom is -0.308 e. The van der Waals surface area contributed by atoms with E-state index in [2.05, 4.69) is 29.4 Å². The Kier molecular flexibility index (Phi) is 6.21. The number of aryl methyl sites for hydroxylation is 1. The van der Waals surface area contributed by atoms with E-state index in [1.807, 2.05) is 6.07 Å². The first-order chi connectivity index (χ1) is 16.3. The molecule has 3 unspecified atom stereocenters. The lowest BCUT2D eigenvalue weighted by Gasteiger charge is -2.50. The summed E-state index contributed by atoms with van der Waals surface area (Å²) in [5.74, 6) is -0.416. The highest BCUT2D eigenvalue weighted by Crippen LogP contribution is 2.62. The summed E-state index contributed by atoms with van der Waals surface area (Å²) < 4.78 is 26.8. The second-order valence-corrected chi connectivity index (χ2v) is 10.9. The van der Waals surface area contributed by atoms with E-state index < -0.39 is 11.6 Å². The SMILES string of the molecule is C[C@]12CCC3c4ccc(Cl)cc4CCC3C1[C@H](CCCC(=O)Nc1ncc(F)cc1F)CC2=O. The monoisotopic (exact) mass is 486 g/mol. The lowest BCUT2D eigenvalue weighted by atomic mass is 9.54. The molecule has 0 radical (unpaired) electrons. The van der Waals surface area contributed by atoms with Gasteiger partial charge in [0.05, 0.1) is 6.20 Å². The van der Waals surface area contributed by atoms with Crippen molar-refractivity contribution < 1.29 is 18.4 Å². The standard InChI is InChI=1S/C27H29ClF2N2O2/c1-27-10-9-20-19-8-6-17(28)11-15(19)5-7-21(20)25(27)16(12-23(27)33)3-2-4-24(34)32-26-22(30)13-18(29)14-31-26/h6,8,11,13-14,16,20-21,25H,2-5,7,9-10,12H2,1H3,(H,31,32,34)/t16-,20?,21?,25?,27-/m1/s1. The smallest absolute Gasteiger partial charge is 0.225 e. The van der Waals surface area contributed by atoms with Crippen LogP contribution in [0, 0.1) is 34.8 Å². The van der Waals surface area contributed by atoms with Crippen molar-refractivity contribution in [3.8, 4) is 0 Å². The second-order valence-electron chi connectivity index (χ2n) is 10.4. The molecule has 0 bridgehead atoms. The van der Waals surface area contributed by atoms with Crippen molar-refractivity contribution in [2.75, 3.05) is 5.32 Å². The molecule has 1 aromatic heterocycles. The topological polar surface area (TPSA) is 59.1 Å². The van der Waals surface area contributed by atoms with Gasteiger partial charge in [0.15, 0.2) is 11.6 Å². The van der Waals surface area contributed by atoms with Crippen molar-refractivity contribution in [3.05, 3.63) is 58.2 Å². The van der Waals surface area contributed by atoms with Gasteiger partial charge in [0.25, 0.3) is 0 Å². The molecular formula is C27H29ClF2N2O2. The molecule has 5 rings (SSSR count). The fourth-order valence-corrected chi connectivity index (χ4v) is 7.30. The number of ketones is 1. The Hall–Kier alpha value is -2.34. The summed E-state index contributed by atoms with van der Waals surface area (Å²) in [4.78, 5) is 29.1. The van der Waals surface area contributed by atoms with Gasteiger partial charge in [-0.1, -0.05) is 24.6 Å². The first-order valence-corrected chi connectivity index (χ1v) is 12.6. The fourth-order valence-electron chi connectivity index (χ4n) is 7.10. The molecule has 1 N–H and O–H groups in total.